The molecule has 1 amide bonds. The third kappa shape index (κ3) is 13.5. The predicted molar refractivity (Wildman–Crippen MR) is 264 cm³/mol. The molecule has 0 heterocycles. The van der Waals surface area contributed by atoms with E-state index in [1.54, 1.807) is 0 Å². The van der Waals surface area contributed by atoms with Crippen LogP contribution in [0.5, 0.6) is 0 Å². The zero-order valence-corrected chi connectivity index (χ0v) is 43.3. The van der Waals surface area contributed by atoms with Crippen molar-refractivity contribution in [2.45, 2.75) is 200 Å². The number of halogens is 6. The fraction of sp³-hybridized carbons (Fsp3) is 0.707. The second-order valence-electron chi connectivity index (χ2n) is 22.4. The van der Waals surface area contributed by atoms with Gasteiger partial charge in [-0.1, -0.05) is 123 Å². The molecule has 72 heavy (non-hydrogen) atoms. The molecule has 0 aliphatic heterocycles. The molecule has 6 rings (SSSR count). The summed E-state index contributed by atoms with van der Waals surface area (Å²) in [6.45, 7) is 12.8. The van der Waals surface area contributed by atoms with E-state index < -0.39 is 64.6 Å². The lowest BCUT2D eigenvalue weighted by atomic mass is 9.43. The van der Waals surface area contributed by atoms with E-state index >= 15 is 0 Å². The SMILES string of the molecule is CCCCCCCCN(CCCCCCCC)C(=O)CCC(C)C1CCC2C3CCC4CC(OC(=O)c5ccc(C(=O)C(F)(F)F)cc5)CCC4(C)C3CC(OC(=O)c3ccc(C(=O)C(F)(F)F)cc3)C12C. The van der Waals surface area contributed by atoms with Crippen LogP contribution in [-0.2, 0) is 14.3 Å². The van der Waals surface area contributed by atoms with Gasteiger partial charge in [-0.3, -0.25) is 14.4 Å². The van der Waals surface area contributed by atoms with Gasteiger partial charge in [0.2, 0.25) is 5.91 Å². The lowest BCUT2D eigenvalue weighted by molar-refractivity contribution is -0.176. The van der Waals surface area contributed by atoms with Crippen LogP contribution in [0.15, 0.2) is 48.5 Å². The summed E-state index contributed by atoms with van der Waals surface area (Å²) >= 11 is 0. The van der Waals surface area contributed by atoms with Gasteiger partial charge < -0.3 is 14.4 Å². The molecule has 4 aliphatic carbocycles. The van der Waals surface area contributed by atoms with Gasteiger partial charge in [0, 0.05) is 36.1 Å². The standard InChI is InChI=1S/C58H79F6NO7/c1-6-8-10-12-14-16-34-65(35-17-15-13-11-9-7-2)50(66)31-18-38(3)46-29-30-47-45-28-27-43-36-44(71-53(69)41-23-19-39(20-24-41)51(67)57(59,60)61)32-33-55(43,4)48(45)37-49(56(46,47)5)72-54(70)42-25-21-40(22-26-42)52(68)58(62,63)64/h19-26,38,43-49H,6-18,27-37H2,1-5H3. The normalized spacial score (nSPS) is 27.5. The second-order valence-corrected chi connectivity index (χ2v) is 22.4. The van der Waals surface area contributed by atoms with E-state index in [2.05, 4.69) is 39.5 Å². The van der Waals surface area contributed by atoms with Crippen molar-refractivity contribution < 1.29 is 59.8 Å². The Kier molecular flexibility index (Phi) is 19.7. The molecule has 10 atom stereocenters. The fourth-order valence-electron chi connectivity index (χ4n) is 13.9. The van der Waals surface area contributed by atoms with Gasteiger partial charge in [-0.2, -0.15) is 26.3 Å². The smallest absolute Gasteiger partial charge is 0.454 e. The molecule has 0 radical (unpaired) electrons. The number of Topliss-reactive ketones (excluding diaryl/α,β-unsaturated/α-hetero) is 2. The Morgan fingerprint density at radius 1 is 0.611 bits per heavy atom. The van der Waals surface area contributed by atoms with Crippen molar-refractivity contribution in [2.75, 3.05) is 13.1 Å². The fourth-order valence-corrected chi connectivity index (χ4v) is 13.9. The van der Waals surface area contributed by atoms with E-state index in [-0.39, 0.29) is 52.0 Å². The number of amides is 1. The van der Waals surface area contributed by atoms with E-state index in [0.717, 1.165) is 95.1 Å². The van der Waals surface area contributed by atoms with Gasteiger partial charge in [-0.25, -0.2) is 9.59 Å². The van der Waals surface area contributed by atoms with Crippen molar-refractivity contribution in [3.05, 3.63) is 70.8 Å². The van der Waals surface area contributed by atoms with Crippen LogP contribution in [0.4, 0.5) is 26.3 Å². The van der Waals surface area contributed by atoms with Crippen LogP contribution in [0.2, 0.25) is 0 Å². The van der Waals surface area contributed by atoms with Crippen LogP contribution < -0.4 is 0 Å². The maximum Gasteiger partial charge on any atom is 0.454 e. The Labute approximate surface area is 423 Å². The van der Waals surface area contributed by atoms with Crippen molar-refractivity contribution in [3.8, 4) is 0 Å². The first-order valence-corrected chi connectivity index (χ1v) is 27.3. The lowest BCUT2D eigenvalue weighted by Crippen LogP contribution is -2.59. The van der Waals surface area contributed by atoms with E-state index in [1.807, 2.05) is 0 Å². The minimum atomic E-state index is -5.06. The summed E-state index contributed by atoms with van der Waals surface area (Å²) < 4.78 is 91.4. The number of nitrogens with zero attached hydrogens (tertiary/aromatic N) is 1. The number of unbranched alkanes of at least 4 members (excludes halogenated alkanes) is 10. The molecule has 8 nitrogen and oxygen atoms in total. The van der Waals surface area contributed by atoms with Crippen LogP contribution in [0.1, 0.15) is 217 Å². The molecular weight excluding hydrogens is 937 g/mol. The quantitative estimate of drug-likeness (QED) is 0.0446. The van der Waals surface area contributed by atoms with Gasteiger partial charge in [0.1, 0.15) is 12.2 Å². The summed E-state index contributed by atoms with van der Waals surface area (Å²) in [5.41, 5.74) is -1.69. The van der Waals surface area contributed by atoms with Crippen LogP contribution in [0, 0.1) is 46.3 Å². The van der Waals surface area contributed by atoms with Crippen LogP contribution in [0.25, 0.3) is 0 Å². The first kappa shape index (κ1) is 57.1. The number of ether oxygens (including phenoxy) is 2. The summed E-state index contributed by atoms with van der Waals surface area (Å²) in [6.07, 6.45) is 10.1. The van der Waals surface area contributed by atoms with Crippen molar-refractivity contribution in [2.24, 2.45) is 46.3 Å². The lowest BCUT2D eigenvalue weighted by Gasteiger charge is -2.62. The number of esters is 2. The van der Waals surface area contributed by atoms with Crippen molar-refractivity contribution in [1.29, 1.82) is 0 Å². The number of fused-ring (bicyclic) bond motifs is 5. The van der Waals surface area contributed by atoms with E-state index in [4.69, 9.17) is 9.47 Å². The van der Waals surface area contributed by atoms with E-state index in [9.17, 15) is 50.3 Å². The summed E-state index contributed by atoms with van der Waals surface area (Å²) in [7, 11) is 0. The highest BCUT2D eigenvalue weighted by molar-refractivity contribution is 6.02. The largest absolute Gasteiger partial charge is 0.459 e. The zero-order chi connectivity index (χ0) is 52.4. The van der Waals surface area contributed by atoms with Gasteiger partial charge in [0.25, 0.3) is 11.6 Å². The molecule has 400 valence electrons. The number of hydrogen-bond donors (Lipinski definition) is 0. The number of carbonyl (C=O) groups excluding carboxylic acids is 5. The van der Waals surface area contributed by atoms with Gasteiger partial charge in [-0.15, -0.1) is 0 Å². The van der Waals surface area contributed by atoms with Gasteiger partial charge in [0.05, 0.1) is 11.1 Å². The Balaban J connectivity index is 1.18. The van der Waals surface area contributed by atoms with Crippen molar-refractivity contribution in [3.63, 3.8) is 0 Å². The highest BCUT2D eigenvalue weighted by atomic mass is 19.4. The number of rotatable bonds is 24. The Morgan fingerprint density at radius 3 is 1.61 bits per heavy atom. The highest BCUT2D eigenvalue weighted by Crippen LogP contribution is 2.69. The number of benzene rings is 2. The first-order valence-electron chi connectivity index (χ1n) is 27.3. The molecule has 2 aromatic rings. The van der Waals surface area contributed by atoms with E-state index in [0.29, 0.717) is 38.0 Å². The molecule has 0 aromatic heterocycles. The number of carbonyl (C=O) groups is 5. The zero-order valence-electron chi connectivity index (χ0n) is 43.3. The Bertz CT molecular complexity index is 2120. The van der Waals surface area contributed by atoms with Gasteiger partial charge >= 0.3 is 24.3 Å². The summed E-state index contributed by atoms with van der Waals surface area (Å²) in [5, 5.41) is 0. The minimum absolute atomic E-state index is 0.0524. The molecule has 4 fully saturated rings. The van der Waals surface area contributed by atoms with Gasteiger partial charge in [-0.05, 0) is 136 Å². The number of hydrogen-bond acceptors (Lipinski definition) is 7. The summed E-state index contributed by atoms with van der Waals surface area (Å²) in [5.74, 6) is -4.03. The molecule has 10 unspecified atom stereocenters. The molecule has 2 aromatic carbocycles. The Hall–Kier alpha value is -4.23. The van der Waals surface area contributed by atoms with Crippen LogP contribution >= 0.6 is 0 Å². The maximum atomic E-state index is 14.2. The number of ketones is 2. The van der Waals surface area contributed by atoms with Crippen molar-refractivity contribution in [1.82, 2.24) is 4.90 Å². The first-order chi connectivity index (χ1) is 34.1. The molecule has 14 heteroatoms. The molecule has 0 bridgehead atoms. The average molecular weight is 1020 g/mol. The molecule has 0 N–H and O–H groups in total. The average Bonchev–Trinajstić information content (AvgIpc) is 3.72. The molecule has 4 aliphatic rings. The Morgan fingerprint density at radius 2 is 1.10 bits per heavy atom. The highest BCUT2D eigenvalue weighted by Gasteiger charge is 2.65. The molecule has 4 saturated carbocycles. The summed E-state index contributed by atoms with van der Waals surface area (Å²) in [6, 6.07) is 8.75. The summed E-state index contributed by atoms with van der Waals surface area (Å²) in [4.78, 5) is 67.4. The second kappa shape index (κ2) is 24.9. The van der Waals surface area contributed by atoms with Crippen LogP contribution in [0.3, 0.4) is 0 Å². The number of alkyl halides is 6. The topological polar surface area (TPSA) is 107 Å². The third-order valence-corrected chi connectivity index (χ3v) is 18.0. The third-order valence-electron chi connectivity index (χ3n) is 18.0. The monoisotopic (exact) mass is 1020 g/mol. The maximum absolute atomic E-state index is 14.2. The predicted octanol–water partition coefficient (Wildman–Crippen LogP) is 15.2. The molecular formula is C58H79F6NO7. The molecule has 0 spiro atoms. The minimum Gasteiger partial charge on any atom is -0.459 e. The van der Waals surface area contributed by atoms with Crippen LogP contribution in [-0.4, -0.2) is 72.0 Å². The van der Waals surface area contributed by atoms with Gasteiger partial charge in [0.15, 0.2) is 0 Å². The molecule has 0 saturated heterocycles. The van der Waals surface area contributed by atoms with Crippen molar-refractivity contribution >= 4 is 29.4 Å². The van der Waals surface area contributed by atoms with E-state index in [1.165, 1.54) is 75.6 Å².